The molecule has 1 aromatic rings. The summed E-state index contributed by atoms with van der Waals surface area (Å²) in [4.78, 5) is 28.2. The first-order valence-corrected chi connectivity index (χ1v) is 10.1. The molecule has 4 rings (SSSR count). The van der Waals surface area contributed by atoms with Crippen LogP contribution in [0.25, 0.3) is 0 Å². The largest absolute Gasteiger partial charge is 0.350 e. The Hall–Kier alpha value is -1.88. The molecule has 3 fully saturated rings. The van der Waals surface area contributed by atoms with E-state index in [-0.39, 0.29) is 29.9 Å². The maximum Gasteiger partial charge on any atom is 0.254 e. The molecule has 26 heavy (non-hydrogen) atoms. The number of piperidine rings is 1. The number of benzene rings is 1. The molecule has 5 heteroatoms. The molecular formula is C21H29N3O2. The highest BCUT2D eigenvalue weighted by Gasteiger charge is 2.47. The molecule has 0 aromatic heterocycles. The summed E-state index contributed by atoms with van der Waals surface area (Å²) >= 11 is 0. The molecule has 0 bridgehead atoms. The summed E-state index contributed by atoms with van der Waals surface area (Å²) < 4.78 is 0. The van der Waals surface area contributed by atoms with Crippen molar-refractivity contribution in [2.45, 2.75) is 63.1 Å². The maximum absolute atomic E-state index is 13.2. The molecule has 4 unspecified atom stereocenters. The van der Waals surface area contributed by atoms with Crippen LogP contribution in [0, 0.1) is 5.92 Å². The second-order valence-corrected chi connectivity index (χ2v) is 7.99. The Balaban J connectivity index is 1.54. The molecule has 2 aliphatic heterocycles. The summed E-state index contributed by atoms with van der Waals surface area (Å²) in [6.45, 7) is 1.86. The van der Waals surface area contributed by atoms with Crippen LogP contribution < -0.4 is 10.6 Å². The number of nitrogens with zero attached hydrogens (tertiary/aromatic N) is 1. The summed E-state index contributed by atoms with van der Waals surface area (Å²) in [6, 6.07) is 9.51. The lowest BCUT2D eigenvalue weighted by Gasteiger charge is -2.34. The van der Waals surface area contributed by atoms with Crippen molar-refractivity contribution >= 4 is 11.8 Å². The van der Waals surface area contributed by atoms with Crippen LogP contribution >= 0.6 is 0 Å². The predicted octanol–water partition coefficient (Wildman–Crippen LogP) is 2.33. The molecule has 4 atom stereocenters. The minimum absolute atomic E-state index is 0.0157. The third-order valence-electron chi connectivity index (χ3n) is 6.29. The molecule has 0 radical (unpaired) electrons. The van der Waals surface area contributed by atoms with Crippen molar-refractivity contribution in [1.82, 2.24) is 15.5 Å². The van der Waals surface area contributed by atoms with Crippen molar-refractivity contribution in [3.63, 3.8) is 0 Å². The molecule has 1 aromatic carbocycles. The van der Waals surface area contributed by atoms with E-state index in [0.29, 0.717) is 11.5 Å². The number of amides is 2. The Labute approximate surface area is 155 Å². The Morgan fingerprint density at radius 2 is 1.85 bits per heavy atom. The lowest BCUT2D eigenvalue weighted by Crippen LogP contribution is -2.54. The van der Waals surface area contributed by atoms with Gasteiger partial charge in [-0.2, -0.15) is 0 Å². The topological polar surface area (TPSA) is 61.4 Å². The zero-order chi connectivity index (χ0) is 17.9. The monoisotopic (exact) mass is 355 g/mol. The fourth-order valence-electron chi connectivity index (χ4n) is 4.99. The minimum Gasteiger partial charge on any atom is -0.350 e. The van der Waals surface area contributed by atoms with Crippen molar-refractivity contribution in [1.29, 1.82) is 0 Å². The van der Waals surface area contributed by atoms with Gasteiger partial charge in [-0.3, -0.25) is 9.59 Å². The summed E-state index contributed by atoms with van der Waals surface area (Å²) in [5.74, 6) is 0.524. The number of carbonyl (C=O) groups is 2. The van der Waals surface area contributed by atoms with Crippen molar-refractivity contribution in [3.8, 4) is 0 Å². The van der Waals surface area contributed by atoms with E-state index in [2.05, 4.69) is 10.6 Å². The van der Waals surface area contributed by atoms with Crippen molar-refractivity contribution in [2.75, 3.05) is 13.1 Å². The first kappa shape index (κ1) is 17.5. The van der Waals surface area contributed by atoms with E-state index in [9.17, 15) is 9.59 Å². The van der Waals surface area contributed by atoms with Gasteiger partial charge in [0.05, 0.1) is 0 Å². The van der Waals surface area contributed by atoms with Crippen molar-refractivity contribution in [3.05, 3.63) is 35.9 Å². The molecule has 1 saturated carbocycles. The van der Waals surface area contributed by atoms with Crippen LogP contribution in [-0.4, -0.2) is 47.9 Å². The number of hydrogen-bond donors (Lipinski definition) is 2. The summed E-state index contributed by atoms with van der Waals surface area (Å²) in [6.07, 6.45) is 7.46. The lowest BCUT2D eigenvalue weighted by atomic mass is 9.84. The molecule has 140 valence electrons. The number of likely N-dealkylation sites (tertiary alicyclic amines) is 1. The van der Waals surface area contributed by atoms with Crippen LogP contribution in [0.3, 0.4) is 0 Å². The Morgan fingerprint density at radius 3 is 2.62 bits per heavy atom. The standard InChI is InChI=1S/C21H29N3O2/c25-20(23-17-10-6-12-22-14-17)19-13-16-9-4-5-11-18(16)24(19)21(26)15-7-2-1-3-8-15/h1-3,7-8,16-19,22H,4-6,9-14H2,(H,23,25). The van der Waals surface area contributed by atoms with Gasteiger partial charge in [0.1, 0.15) is 6.04 Å². The number of rotatable bonds is 3. The van der Waals surface area contributed by atoms with Crippen LogP contribution in [0.2, 0.25) is 0 Å². The van der Waals surface area contributed by atoms with Crippen molar-refractivity contribution in [2.24, 2.45) is 5.92 Å². The van der Waals surface area contributed by atoms with E-state index in [1.165, 1.54) is 6.42 Å². The van der Waals surface area contributed by atoms with Gasteiger partial charge in [-0.05, 0) is 56.7 Å². The van der Waals surface area contributed by atoms with Gasteiger partial charge >= 0.3 is 0 Å². The predicted molar refractivity (Wildman–Crippen MR) is 101 cm³/mol. The Kier molecular flexibility index (Phi) is 5.25. The van der Waals surface area contributed by atoms with Gasteiger partial charge in [0.2, 0.25) is 5.91 Å². The SMILES string of the molecule is O=C(NC1CCCNC1)C1CC2CCCCC2N1C(=O)c1ccccc1. The van der Waals surface area contributed by atoms with Gasteiger partial charge in [0, 0.05) is 24.2 Å². The van der Waals surface area contributed by atoms with E-state index in [1.807, 2.05) is 35.2 Å². The van der Waals surface area contributed by atoms with Gasteiger partial charge in [0.15, 0.2) is 0 Å². The third-order valence-corrected chi connectivity index (χ3v) is 6.29. The Bertz CT molecular complexity index is 642. The average molecular weight is 355 g/mol. The molecule has 2 saturated heterocycles. The highest BCUT2D eigenvalue weighted by molar-refractivity contribution is 5.98. The Morgan fingerprint density at radius 1 is 1.04 bits per heavy atom. The second kappa shape index (κ2) is 7.78. The van der Waals surface area contributed by atoms with Crippen LogP contribution in [0.4, 0.5) is 0 Å². The van der Waals surface area contributed by atoms with Gasteiger partial charge < -0.3 is 15.5 Å². The normalized spacial score (nSPS) is 31.3. The van der Waals surface area contributed by atoms with Crippen LogP contribution in [0.5, 0.6) is 0 Å². The van der Waals surface area contributed by atoms with E-state index < -0.39 is 0 Å². The van der Waals surface area contributed by atoms with Gasteiger partial charge in [-0.25, -0.2) is 0 Å². The first-order chi connectivity index (χ1) is 12.7. The second-order valence-electron chi connectivity index (χ2n) is 7.99. The van der Waals surface area contributed by atoms with Gasteiger partial charge in [0.25, 0.3) is 5.91 Å². The van der Waals surface area contributed by atoms with E-state index >= 15 is 0 Å². The molecule has 2 heterocycles. The van der Waals surface area contributed by atoms with Gasteiger partial charge in [-0.1, -0.05) is 31.0 Å². The van der Waals surface area contributed by atoms with E-state index in [4.69, 9.17) is 0 Å². The highest BCUT2D eigenvalue weighted by atomic mass is 16.2. The number of fused-ring (bicyclic) bond motifs is 1. The molecule has 0 spiro atoms. The minimum atomic E-state index is -0.322. The quantitative estimate of drug-likeness (QED) is 0.875. The average Bonchev–Trinajstić information content (AvgIpc) is 3.08. The van der Waals surface area contributed by atoms with Crippen LogP contribution in [0.1, 0.15) is 55.3 Å². The molecule has 1 aliphatic carbocycles. The number of carbonyl (C=O) groups excluding carboxylic acids is 2. The van der Waals surface area contributed by atoms with Crippen LogP contribution in [0.15, 0.2) is 30.3 Å². The molecule has 5 nitrogen and oxygen atoms in total. The fraction of sp³-hybridized carbons (Fsp3) is 0.619. The van der Waals surface area contributed by atoms with Crippen LogP contribution in [-0.2, 0) is 4.79 Å². The third kappa shape index (κ3) is 3.50. The lowest BCUT2D eigenvalue weighted by molar-refractivity contribution is -0.126. The summed E-state index contributed by atoms with van der Waals surface area (Å²) in [7, 11) is 0. The molecule has 3 aliphatic rings. The molecular weight excluding hydrogens is 326 g/mol. The zero-order valence-electron chi connectivity index (χ0n) is 15.3. The number of nitrogens with one attached hydrogen (secondary N) is 2. The zero-order valence-corrected chi connectivity index (χ0v) is 15.3. The maximum atomic E-state index is 13.2. The van der Waals surface area contributed by atoms with E-state index in [0.717, 1.165) is 51.6 Å². The van der Waals surface area contributed by atoms with Gasteiger partial charge in [-0.15, -0.1) is 0 Å². The first-order valence-electron chi connectivity index (χ1n) is 10.1. The van der Waals surface area contributed by atoms with Crippen molar-refractivity contribution < 1.29 is 9.59 Å². The number of hydrogen-bond acceptors (Lipinski definition) is 3. The summed E-state index contributed by atoms with van der Waals surface area (Å²) in [5.41, 5.74) is 0.691. The smallest absolute Gasteiger partial charge is 0.254 e. The van der Waals surface area contributed by atoms with E-state index in [1.54, 1.807) is 0 Å². The molecule has 2 N–H and O–H groups in total. The summed E-state index contributed by atoms with van der Waals surface area (Å²) in [5, 5.41) is 6.56. The molecule has 2 amide bonds. The fourth-order valence-corrected chi connectivity index (χ4v) is 4.99. The highest BCUT2D eigenvalue weighted by Crippen LogP contribution is 2.40.